The largest absolute Gasteiger partial charge is 0.373 e. The molecule has 2 aliphatic rings. The van der Waals surface area contributed by atoms with Crippen molar-refractivity contribution in [3.8, 4) is 0 Å². The van der Waals surface area contributed by atoms with Gasteiger partial charge < -0.3 is 9.64 Å². The number of nitrogens with zero attached hydrogens (tertiary/aromatic N) is 4. The zero-order valence-corrected chi connectivity index (χ0v) is 14.8. The summed E-state index contributed by atoms with van der Waals surface area (Å²) >= 11 is 0. The molecule has 2 saturated heterocycles. The van der Waals surface area contributed by atoms with Crippen LogP contribution in [0, 0.1) is 0 Å². The van der Waals surface area contributed by atoms with Crippen LogP contribution in [0.5, 0.6) is 0 Å². The lowest BCUT2D eigenvalue weighted by atomic mass is 9.87. The summed E-state index contributed by atoms with van der Waals surface area (Å²) in [4.78, 5) is 13.4. The molecule has 2 aliphatic heterocycles. The summed E-state index contributed by atoms with van der Waals surface area (Å²) in [5, 5.41) is 0. The van der Waals surface area contributed by atoms with Gasteiger partial charge in [0.15, 0.2) is 0 Å². The first-order chi connectivity index (χ1) is 12.2. The maximum absolute atomic E-state index is 6.34. The van der Waals surface area contributed by atoms with E-state index in [4.69, 9.17) is 4.74 Å². The second-order valence-corrected chi connectivity index (χ2v) is 7.27. The number of likely N-dealkylation sites (N-methyl/N-ethyl adjacent to an activating group) is 1. The van der Waals surface area contributed by atoms with Crippen molar-refractivity contribution in [3.63, 3.8) is 0 Å². The van der Waals surface area contributed by atoms with Gasteiger partial charge in [-0.25, -0.2) is 0 Å². The second kappa shape index (κ2) is 7.10. The van der Waals surface area contributed by atoms with Crippen molar-refractivity contribution in [1.82, 2.24) is 14.9 Å². The number of aromatic nitrogens is 2. The van der Waals surface area contributed by atoms with Gasteiger partial charge in [0.05, 0.1) is 23.9 Å². The Morgan fingerprint density at radius 1 is 1.20 bits per heavy atom. The topological polar surface area (TPSA) is 41.5 Å². The zero-order chi connectivity index (χ0) is 17.1. The van der Waals surface area contributed by atoms with Crippen LogP contribution in [0.4, 0.5) is 5.69 Å². The first-order valence-electron chi connectivity index (χ1n) is 9.13. The van der Waals surface area contributed by atoms with Gasteiger partial charge in [-0.3, -0.25) is 14.9 Å². The van der Waals surface area contributed by atoms with Crippen LogP contribution >= 0.6 is 0 Å². The fraction of sp³-hybridized carbons (Fsp3) is 0.500. The molecule has 0 aliphatic carbocycles. The van der Waals surface area contributed by atoms with Crippen molar-refractivity contribution in [2.45, 2.75) is 37.5 Å². The van der Waals surface area contributed by atoms with Crippen molar-refractivity contribution in [2.24, 2.45) is 0 Å². The Morgan fingerprint density at radius 2 is 2.00 bits per heavy atom. The summed E-state index contributed by atoms with van der Waals surface area (Å²) in [5.41, 5.74) is 2.38. The molecule has 4 rings (SSSR count). The first kappa shape index (κ1) is 16.5. The third-order valence-corrected chi connectivity index (χ3v) is 5.67. The number of hydrogen-bond acceptors (Lipinski definition) is 5. The summed E-state index contributed by atoms with van der Waals surface area (Å²) in [7, 11) is 2.19. The molecule has 132 valence electrons. The second-order valence-electron chi connectivity index (χ2n) is 7.27. The zero-order valence-electron chi connectivity index (χ0n) is 14.8. The van der Waals surface area contributed by atoms with Gasteiger partial charge in [-0.15, -0.1) is 0 Å². The van der Waals surface area contributed by atoms with Gasteiger partial charge >= 0.3 is 0 Å². The number of para-hydroxylation sites is 1. The molecule has 25 heavy (non-hydrogen) atoms. The smallest absolute Gasteiger partial charge is 0.0728 e. The molecule has 1 atom stereocenters. The van der Waals surface area contributed by atoms with E-state index in [2.05, 4.69) is 57.1 Å². The van der Waals surface area contributed by atoms with Crippen LogP contribution in [-0.4, -0.2) is 53.3 Å². The summed E-state index contributed by atoms with van der Waals surface area (Å²) < 4.78 is 6.34. The Morgan fingerprint density at radius 3 is 2.72 bits per heavy atom. The Balaban J connectivity index is 1.33. The van der Waals surface area contributed by atoms with Crippen molar-refractivity contribution in [3.05, 3.63) is 54.6 Å². The fourth-order valence-corrected chi connectivity index (χ4v) is 4.05. The number of hydrogen-bond donors (Lipinski definition) is 0. The van der Waals surface area contributed by atoms with Crippen LogP contribution in [0.25, 0.3) is 0 Å². The van der Waals surface area contributed by atoms with Crippen LogP contribution < -0.4 is 4.90 Å². The number of piperidine rings is 1. The van der Waals surface area contributed by atoms with Crippen LogP contribution in [-0.2, 0) is 11.3 Å². The first-order valence-corrected chi connectivity index (χ1v) is 9.13. The van der Waals surface area contributed by atoms with E-state index in [0.717, 1.165) is 51.2 Å². The van der Waals surface area contributed by atoms with Gasteiger partial charge in [0.25, 0.3) is 0 Å². The average molecular weight is 338 g/mol. The van der Waals surface area contributed by atoms with Crippen molar-refractivity contribution >= 4 is 5.69 Å². The van der Waals surface area contributed by atoms with E-state index in [1.54, 1.807) is 12.4 Å². The van der Waals surface area contributed by atoms with E-state index in [1.807, 2.05) is 6.20 Å². The number of ether oxygens (including phenoxy) is 1. The lowest BCUT2D eigenvalue weighted by Gasteiger charge is -2.38. The third kappa shape index (κ3) is 3.67. The minimum Gasteiger partial charge on any atom is -0.373 e. The predicted octanol–water partition coefficient (Wildman–Crippen LogP) is 2.74. The average Bonchev–Trinajstić information content (AvgIpc) is 3.09. The van der Waals surface area contributed by atoms with Crippen molar-refractivity contribution < 1.29 is 4.74 Å². The van der Waals surface area contributed by atoms with E-state index >= 15 is 0 Å². The molecule has 2 aromatic rings. The van der Waals surface area contributed by atoms with Gasteiger partial charge in [0.1, 0.15) is 0 Å². The summed E-state index contributed by atoms with van der Waals surface area (Å²) in [5.74, 6) is 0. The van der Waals surface area contributed by atoms with Crippen LogP contribution in [0.3, 0.4) is 0 Å². The molecule has 0 radical (unpaired) electrons. The lowest BCUT2D eigenvalue weighted by Crippen LogP contribution is -2.44. The lowest BCUT2D eigenvalue weighted by molar-refractivity contribution is -0.0450. The fourth-order valence-electron chi connectivity index (χ4n) is 4.05. The number of benzene rings is 1. The highest BCUT2D eigenvalue weighted by Crippen LogP contribution is 2.38. The molecule has 3 heterocycles. The molecule has 1 unspecified atom stereocenters. The predicted molar refractivity (Wildman–Crippen MR) is 98.5 cm³/mol. The van der Waals surface area contributed by atoms with E-state index in [0.29, 0.717) is 6.04 Å². The molecule has 0 amide bonds. The van der Waals surface area contributed by atoms with Gasteiger partial charge in [-0.2, -0.15) is 0 Å². The molecule has 2 fully saturated rings. The van der Waals surface area contributed by atoms with E-state index < -0.39 is 0 Å². The van der Waals surface area contributed by atoms with Gasteiger partial charge in [0.2, 0.25) is 0 Å². The summed E-state index contributed by atoms with van der Waals surface area (Å²) in [6.45, 7) is 3.85. The van der Waals surface area contributed by atoms with Crippen LogP contribution in [0.15, 0.2) is 48.9 Å². The third-order valence-electron chi connectivity index (χ3n) is 5.67. The molecule has 0 saturated carbocycles. The van der Waals surface area contributed by atoms with E-state index in [1.165, 1.54) is 5.69 Å². The number of rotatable bonds is 4. The van der Waals surface area contributed by atoms with Gasteiger partial charge in [0, 0.05) is 51.0 Å². The summed E-state index contributed by atoms with van der Waals surface area (Å²) in [6.07, 6.45) is 8.69. The van der Waals surface area contributed by atoms with Crippen LogP contribution in [0.1, 0.15) is 25.0 Å². The molecule has 1 aromatic heterocycles. The van der Waals surface area contributed by atoms with E-state index in [-0.39, 0.29) is 5.60 Å². The quantitative estimate of drug-likeness (QED) is 0.857. The summed E-state index contributed by atoms with van der Waals surface area (Å²) in [6, 6.07) is 11.1. The molecule has 5 nitrogen and oxygen atoms in total. The highest BCUT2D eigenvalue weighted by Gasteiger charge is 2.43. The minimum atomic E-state index is 0.0621. The Hall–Kier alpha value is -1.98. The molecule has 1 aromatic carbocycles. The van der Waals surface area contributed by atoms with E-state index in [9.17, 15) is 0 Å². The highest BCUT2D eigenvalue weighted by atomic mass is 16.5. The molecule has 0 bridgehead atoms. The Labute approximate surface area is 149 Å². The maximum Gasteiger partial charge on any atom is 0.0728 e. The normalized spacial score (nSPS) is 23.0. The monoisotopic (exact) mass is 338 g/mol. The molecule has 0 N–H and O–H groups in total. The molecular weight excluding hydrogens is 312 g/mol. The van der Waals surface area contributed by atoms with Crippen LogP contribution in [0.2, 0.25) is 0 Å². The van der Waals surface area contributed by atoms with Crippen molar-refractivity contribution in [1.29, 1.82) is 0 Å². The van der Waals surface area contributed by atoms with Gasteiger partial charge in [-0.1, -0.05) is 18.2 Å². The Bertz CT molecular complexity index is 671. The molecular formula is C20H26N4O. The standard InChI is InChI=1S/C20H26N4O/c1-23(18-5-3-2-4-6-18)19-13-20(25-16-19)7-11-24(12-8-20)15-17-14-21-9-10-22-17/h2-6,9-10,14,19H,7-8,11-13,15-16H2,1H3. The Kier molecular flexibility index (Phi) is 4.68. The molecule has 5 heteroatoms. The number of likely N-dealkylation sites (tertiary alicyclic amines) is 1. The SMILES string of the molecule is CN(c1ccccc1)C1COC2(CCN(Cc3cnccn3)CC2)C1. The van der Waals surface area contributed by atoms with Crippen molar-refractivity contribution in [2.75, 3.05) is 31.6 Å². The number of anilines is 1. The molecule has 1 spiro atoms. The maximum atomic E-state index is 6.34. The highest BCUT2D eigenvalue weighted by molar-refractivity contribution is 5.46. The van der Waals surface area contributed by atoms with Gasteiger partial charge in [-0.05, 0) is 31.4 Å². The minimum absolute atomic E-state index is 0.0621.